The van der Waals surface area contributed by atoms with Crippen LogP contribution < -0.4 is 10.1 Å². The number of hydrogen-bond donors (Lipinski definition) is 3. The summed E-state index contributed by atoms with van der Waals surface area (Å²) in [7, 11) is -7.18. The molecule has 9 heteroatoms. The highest BCUT2D eigenvalue weighted by molar-refractivity contribution is 7.92. The molecule has 0 bridgehead atoms. The zero-order chi connectivity index (χ0) is 23.6. The Morgan fingerprint density at radius 1 is 1.12 bits per heavy atom. The summed E-state index contributed by atoms with van der Waals surface area (Å²) < 4.78 is 45.5. The van der Waals surface area contributed by atoms with E-state index in [1.165, 1.54) is 13.2 Å². The smallest absolute Gasteiger partial charge is 0.326 e. The van der Waals surface area contributed by atoms with E-state index in [9.17, 15) is 22.8 Å². The molecule has 2 aromatic carbocycles. The Bertz CT molecular complexity index is 1080. The van der Waals surface area contributed by atoms with E-state index in [0.717, 1.165) is 18.4 Å². The van der Waals surface area contributed by atoms with Gasteiger partial charge in [-0.15, -0.1) is 0 Å². The zero-order valence-electron chi connectivity index (χ0n) is 18.7. The number of nitrogens with one attached hydrogen (secondary N) is 1. The molecular formula is C23H32NO6PS. The van der Waals surface area contributed by atoms with Gasteiger partial charge in [-0.2, -0.15) is 0 Å². The molecule has 0 saturated heterocycles. The molecule has 32 heavy (non-hydrogen) atoms. The van der Waals surface area contributed by atoms with E-state index >= 15 is 0 Å². The molecular weight excluding hydrogens is 449 g/mol. The Morgan fingerprint density at radius 3 is 2.38 bits per heavy atom. The summed E-state index contributed by atoms with van der Waals surface area (Å²) in [4.78, 5) is 19.8. The van der Waals surface area contributed by atoms with Crippen molar-refractivity contribution >= 4 is 17.4 Å². The van der Waals surface area contributed by atoms with E-state index in [-0.39, 0.29) is 4.90 Å². The molecule has 0 aromatic heterocycles. The van der Waals surface area contributed by atoms with Crippen LogP contribution in [0.25, 0.3) is 0 Å². The number of methoxy groups -OCH3 is 1. The molecule has 0 aliphatic carbocycles. The quantitative estimate of drug-likeness (QED) is 0.488. The molecule has 0 spiro atoms. The van der Waals surface area contributed by atoms with Gasteiger partial charge in [0, 0.05) is 5.54 Å². The van der Waals surface area contributed by atoms with Gasteiger partial charge in [-0.3, -0.25) is 9.88 Å². The minimum Gasteiger partial charge on any atom is -0.497 e. The van der Waals surface area contributed by atoms with Gasteiger partial charge in [-0.25, -0.2) is 8.42 Å². The van der Waals surface area contributed by atoms with Crippen molar-refractivity contribution in [3.8, 4) is 5.75 Å². The highest BCUT2D eigenvalue weighted by Gasteiger charge is 2.52. The summed E-state index contributed by atoms with van der Waals surface area (Å²) in [6.45, 7) is 3.89. The Kier molecular flexibility index (Phi) is 7.52. The van der Waals surface area contributed by atoms with E-state index in [1.807, 2.05) is 44.2 Å². The molecule has 3 N–H and O–H groups in total. The highest BCUT2D eigenvalue weighted by Crippen LogP contribution is 2.48. The molecule has 1 unspecified atom stereocenters. The highest BCUT2D eigenvalue weighted by atomic mass is 32.2. The Balaban J connectivity index is 2.34. The molecule has 7 nitrogen and oxygen atoms in total. The van der Waals surface area contributed by atoms with E-state index in [0.29, 0.717) is 24.2 Å². The Morgan fingerprint density at radius 2 is 1.81 bits per heavy atom. The number of hydrogen-bond acceptors (Lipinski definition) is 5. The van der Waals surface area contributed by atoms with Gasteiger partial charge in [-0.1, -0.05) is 57.0 Å². The maximum Gasteiger partial charge on any atom is 0.326 e. The van der Waals surface area contributed by atoms with Gasteiger partial charge in [0.05, 0.1) is 29.5 Å². The summed E-state index contributed by atoms with van der Waals surface area (Å²) in [6.07, 6.45) is 1.73. The maximum absolute atomic E-state index is 14.0. The molecule has 1 aliphatic heterocycles. The fraction of sp³-hybridized carbons (Fsp3) is 0.478. The maximum atomic E-state index is 14.0. The summed E-state index contributed by atoms with van der Waals surface area (Å²) in [5.41, 5.74) is 0.393. The number of unbranched alkanes of at least 4 members (excludes halogenated alkanes) is 1. The standard InChI is InChI=1S/C23H32NO6PS/c1-4-6-14-23(5-2)21(16-31(25,26)27)32(28,29)20-13-12-18(30-3)15-19(20)22(24-23)17-10-8-7-9-11-17/h7-13,15,21-22,24H,4-6,14,16H2,1-3H3,(H2,25,26,27)/t21?,22-,23-/m1/s1. The van der Waals surface area contributed by atoms with E-state index in [1.54, 1.807) is 12.1 Å². The first kappa shape index (κ1) is 24.9. The van der Waals surface area contributed by atoms with Gasteiger partial charge in [0.2, 0.25) is 0 Å². The van der Waals surface area contributed by atoms with Gasteiger partial charge < -0.3 is 14.5 Å². The predicted octanol–water partition coefficient (Wildman–Crippen LogP) is 4.05. The second-order valence-electron chi connectivity index (χ2n) is 8.39. The van der Waals surface area contributed by atoms with Gasteiger partial charge >= 0.3 is 7.60 Å². The molecule has 0 saturated carbocycles. The van der Waals surface area contributed by atoms with Crippen LogP contribution in [0.2, 0.25) is 0 Å². The van der Waals surface area contributed by atoms with Crippen LogP contribution in [-0.4, -0.2) is 42.3 Å². The largest absolute Gasteiger partial charge is 0.497 e. The van der Waals surface area contributed by atoms with Crippen molar-refractivity contribution in [3.05, 3.63) is 59.7 Å². The lowest BCUT2D eigenvalue weighted by atomic mass is 9.84. The Labute approximate surface area is 190 Å². The third-order valence-corrected chi connectivity index (χ3v) is 9.84. The summed E-state index contributed by atoms with van der Waals surface area (Å²) >= 11 is 0. The van der Waals surface area contributed by atoms with Crippen LogP contribution in [0.4, 0.5) is 0 Å². The second kappa shape index (κ2) is 9.65. The molecule has 0 radical (unpaired) electrons. The van der Waals surface area contributed by atoms with Crippen LogP contribution in [0.1, 0.15) is 56.7 Å². The average Bonchev–Trinajstić information content (AvgIpc) is 2.84. The van der Waals surface area contributed by atoms with Crippen molar-refractivity contribution in [2.45, 2.75) is 61.3 Å². The summed E-state index contributed by atoms with van der Waals surface area (Å²) in [6, 6.07) is 13.8. The van der Waals surface area contributed by atoms with Gasteiger partial charge in [0.15, 0.2) is 9.84 Å². The molecule has 3 rings (SSSR count). The van der Waals surface area contributed by atoms with Crippen molar-refractivity contribution in [2.24, 2.45) is 0 Å². The van der Waals surface area contributed by atoms with Crippen molar-refractivity contribution in [1.29, 1.82) is 0 Å². The number of rotatable bonds is 8. The SMILES string of the molecule is CCCC[C@@]1(CC)N[C@H](c2ccccc2)c2cc(OC)ccc2S(=O)(=O)C1CP(=O)(O)O. The fourth-order valence-electron chi connectivity index (χ4n) is 4.68. The van der Waals surface area contributed by atoms with Crippen molar-refractivity contribution in [3.63, 3.8) is 0 Å². The second-order valence-corrected chi connectivity index (χ2v) is 12.2. The average molecular weight is 482 g/mol. The molecule has 1 aliphatic rings. The molecule has 0 fully saturated rings. The van der Waals surface area contributed by atoms with Gasteiger partial charge in [0.25, 0.3) is 0 Å². The van der Waals surface area contributed by atoms with Crippen LogP contribution in [0.15, 0.2) is 53.4 Å². The van der Waals surface area contributed by atoms with E-state index in [2.05, 4.69) is 5.32 Å². The first-order valence-corrected chi connectivity index (χ1v) is 14.2. The van der Waals surface area contributed by atoms with Crippen molar-refractivity contribution in [2.75, 3.05) is 13.3 Å². The Hall–Kier alpha value is -1.70. The van der Waals surface area contributed by atoms with Crippen molar-refractivity contribution in [1.82, 2.24) is 5.32 Å². The first-order valence-electron chi connectivity index (χ1n) is 10.9. The number of benzene rings is 2. The minimum absolute atomic E-state index is 0.0879. The monoisotopic (exact) mass is 481 g/mol. The minimum atomic E-state index is -4.62. The molecule has 2 aromatic rings. The molecule has 1 heterocycles. The number of ether oxygens (including phenoxy) is 1. The van der Waals surface area contributed by atoms with Gasteiger partial charge in [-0.05, 0) is 42.2 Å². The normalized spacial score (nSPS) is 25.0. The fourth-order valence-corrected chi connectivity index (χ4v) is 8.84. The van der Waals surface area contributed by atoms with Crippen LogP contribution in [0, 0.1) is 0 Å². The first-order chi connectivity index (χ1) is 15.1. The third-order valence-electron chi connectivity index (χ3n) is 6.40. The summed E-state index contributed by atoms with van der Waals surface area (Å²) in [5.74, 6) is 0.519. The number of fused-ring (bicyclic) bond motifs is 1. The number of sulfone groups is 1. The van der Waals surface area contributed by atoms with Crippen LogP contribution in [0.3, 0.4) is 0 Å². The predicted molar refractivity (Wildman–Crippen MR) is 125 cm³/mol. The lowest BCUT2D eigenvalue weighted by Crippen LogP contribution is -2.57. The van der Waals surface area contributed by atoms with Crippen LogP contribution in [-0.2, 0) is 14.4 Å². The van der Waals surface area contributed by atoms with E-state index < -0.39 is 40.4 Å². The van der Waals surface area contributed by atoms with E-state index in [4.69, 9.17) is 4.74 Å². The van der Waals surface area contributed by atoms with Crippen LogP contribution >= 0.6 is 7.60 Å². The zero-order valence-corrected chi connectivity index (χ0v) is 20.4. The molecule has 0 amide bonds. The van der Waals surface area contributed by atoms with Crippen molar-refractivity contribution < 1.29 is 27.5 Å². The van der Waals surface area contributed by atoms with Gasteiger partial charge in [0.1, 0.15) is 5.75 Å². The third kappa shape index (κ3) is 4.95. The van der Waals surface area contributed by atoms with Crippen LogP contribution in [0.5, 0.6) is 5.75 Å². The lowest BCUT2D eigenvalue weighted by Gasteiger charge is -2.41. The molecule has 176 valence electrons. The molecule has 3 atom stereocenters. The topological polar surface area (TPSA) is 113 Å². The summed E-state index contributed by atoms with van der Waals surface area (Å²) in [5, 5.41) is 2.32. The lowest BCUT2D eigenvalue weighted by molar-refractivity contribution is 0.254.